The van der Waals surface area contributed by atoms with Gasteiger partial charge in [0.25, 0.3) is 0 Å². The largest absolute Gasteiger partial charge is 0.493 e. The number of carboxylic acid groups (broad SMARTS) is 1. The number of benzene rings is 2. The molecule has 1 unspecified atom stereocenters. The van der Waals surface area contributed by atoms with Crippen molar-refractivity contribution in [1.82, 2.24) is 5.32 Å². The molecule has 0 heterocycles. The summed E-state index contributed by atoms with van der Waals surface area (Å²) < 4.78 is 11.3. The number of ether oxygens (including phenoxy) is 2. The molecular weight excluding hydrogens is 437 g/mol. The van der Waals surface area contributed by atoms with Crippen molar-refractivity contribution < 1.29 is 19.4 Å². The Bertz CT molecular complexity index is 838. The zero-order valence-electron chi connectivity index (χ0n) is 16.5. The summed E-state index contributed by atoms with van der Waals surface area (Å²) in [6.07, 6.45) is 0.518. The Hall–Kier alpha value is -1.66. The molecule has 2 aromatic rings. The quantitative estimate of drug-likeness (QED) is 0.467. The van der Waals surface area contributed by atoms with E-state index >= 15 is 0 Å². The fourth-order valence-electron chi connectivity index (χ4n) is 2.78. The lowest BCUT2D eigenvalue weighted by Crippen LogP contribution is -2.37. The van der Waals surface area contributed by atoms with Crippen LogP contribution in [0.4, 0.5) is 0 Å². The second-order valence-corrected chi connectivity index (χ2v) is 8.21. The molecule has 0 aliphatic carbocycles. The molecule has 0 radical (unpaired) electrons. The first kappa shape index (κ1) is 23.6. The van der Waals surface area contributed by atoms with E-state index < -0.39 is 12.0 Å². The lowest BCUT2D eigenvalue weighted by Gasteiger charge is -2.18. The molecule has 5 nitrogen and oxygen atoms in total. The number of nitrogens with one attached hydrogen (secondary N) is 1. The van der Waals surface area contributed by atoms with Crippen molar-refractivity contribution in [2.24, 2.45) is 5.92 Å². The van der Waals surface area contributed by atoms with Crippen LogP contribution < -0.4 is 14.8 Å². The first-order chi connectivity index (χ1) is 13.7. The molecule has 2 rings (SSSR count). The highest BCUT2D eigenvalue weighted by Gasteiger charge is 2.19. The summed E-state index contributed by atoms with van der Waals surface area (Å²) in [6.45, 7) is 4.39. The van der Waals surface area contributed by atoms with Crippen LogP contribution in [0, 0.1) is 5.92 Å². The van der Waals surface area contributed by atoms with Crippen LogP contribution in [0.3, 0.4) is 0 Å². The number of methoxy groups -OCH3 is 1. The Kier molecular flexibility index (Phi) is 8.90. The predicted octanol–water partition coefficient (Wildman–Crippen LogP) is 5.82. The second kappa shape index (κ2) is 10.9. The average molecular weight is 461 g/mol. The third-order valence-electron chi connectivity index (χ3n) is 4.31. The number of aliphatic carboxylic acids is 1. The number of carboxylic acids is 1. The summed E-state index contributed by atoms with van der Waals surface area (Å²) in [7, 11) is 1.52. The van der Waals surface area contributed by atoms with Gasteiger partial charge < -0.3 is 19.9 Å². The Morgan fingerprint density at radius 2 is 1.76 bits per heavy atom. The van der Waals surface area contributed by atoms with Crippen molar-refractivity contribution in [3.8, 4) is 11.5 Å². The van der Waals surface area contributed by atoms with E-state index in [-0.39, 0.29) is 19.1 Å². The number of hydrogen-bond acceptors (Lipinski definition) is 4. The molecule has 0 aromatic heterocycles. The van der Waals surface area contributed by atoms with Crippen LogP contribution in [-0.4, -0.2) is 24.2 Å². The highest BCUT2D eigenvalue weighted by Crippen LogP contribution is 2.35. The van der Waals surface area contributed by atoms with Crippen molar-refractivity contribution in [2.45, 2.75) is 39.5 Å². The third-order valence-corrected chi connectivity index (χ3v) is 5.37. The molecule has 0 spiro atoms. The van der Waals surface area contributed by atoms with Crippen molar-refractivity contribution in [3.05, 3.63) is 56.5 Å². The van der Waals surface area contributed by atoms with Gasteiger partial charge in [0, 0.05) is 33.2 Å². The smallest absolute Gasteiger partial charge is 0.320 e. The van der Waals surface area contributed by atoms with Crippen LogP contribution in [0.25, 0.3) is 0 Å². The third kappa shape index (κ3) is 6.68. The van der Waals surface area contributed by atoms with Gasteiger partial charge in [-0.2, -0.15) is 0 Å². The van der Waals surface area contributed by atoms with Gasteiger partial charge in [0.05, 0.1) is 7.11 Å². The molecule has 2 aromatic carbocycles. The van der Waals surface area contributed by atoms with Gasteiger partial charge in [-0.25, -0.2) is 0 Å². The van der Waals surface area contributed by atoms with E-state index in [9.17, 15) is 9.90 Å². The maximum Gasteiger partial charge on any atom is 0.320 e. The maximum absolute atomic E-state index is 11.4. The van der Waals surface area contributed by atoms with Gasteiger partial charge >= 0.3 is 5.97 Å². The molecule has 0 amide bonds. The summed E-state index contributed by atoms with van der Waals surface area (Å²) in [4.78, 5) is 11.4. The highest BCUT2D eigenvalue weighted by molar-refractivity contribution is 6.36. The molecule has 0 aliphatic heterocycles. The van der Waals surface area contributed by atoms with Crippen LogP contribution in [0.2, 0.25) is 15.1 Å². The number of hydrogen-bond donors (Lipinski definition) is 2. The molecule has 29 heavy (non-hydrogen) atoms. The molecule has 0 saturated heterocycles. The van der Waals surface area contributed by atoms with Gasteiger partial charge in [0.2, 0.25) is 0 Å². The highest BCUT2D eigenvalue weighted by atomic mass is 35.5. The Labute approximate surface area is 185 Å². The molecule has 0 aliphatic rings. The minimum Gasteiger partial charge on any atom is -0.493 e. The van der Waals surface area contributed by atoms with Gasteiger partial charge in [-0.05, 0) is 36.1 Å². The van der Waals surface area contributed by atoms with Gasteiger partial charge in [0.15, 0.2) is 11.5 Å². The van der Waals surface area contributed by atoms with E-state index in [2.05, 4.69) is 5.32 Å². The van der Waals surface area contributed by atoms with Crippen molar-refractivity contribution in [3.63, 3.8) is 0 Å². The molecule has 0 bridgehead atoms. The van der Waals surface area contributed by atoms with Crippen molar-refractivity contribution in [1.29, 1.82) is 0 Å². The first-order valence-corrected chi connectivity index (χ1v) is 10.2. The van der Waals surface area contributed by atoms with E-state index in [1.807, 2.05) is 13.8 Å². The Morgan fingerprint density at radius 3 is 2.31 bits per heavy atom. The fraction of sp³-hybridized carbons (Fsp3) is 0.381. The zero-order valence-corrected chi connectivity index (χ0v) is 18.7. The van der Waals surface area contributed by atoms with Gasteiger partial charge in [-0.15, -0.1) is 0 Å². The molecule has 8 heteroatoms. The number of rotatable bonds is 10. The van der Waals surface area contributed by atoms with E-state index in [0.717, 1.165) is 0 Å². The van der Waals surface area contributed by atoms with Crippen LogP contribution in [0.15, 0.2) is 30.3 Å². The second-order valence-electron chi connectivity index (χ2n) is 6.98. The predicted molar refractivity (Wildman–Crippen MR) is 117 cm³/mol. The van der Waals surface area contributed by atoms with E-state index in [0.29, 0.717) is 44.1 Å². The minimum absolute atomic E-state index is 0.151. The topological polar surface area (TPSA) is 67.8 Å². The lowest BCUT2D eigenvalue weighted by atomic mass is 10.0. The number of carbonyl (C=O) groups is 1. The van der Waals surface area contributed by atoms with E-state index in [4.69, 9.17) is 44.3 Å². The van der Waals surface area contributed by atoms with Crippen LogP contribution in [0.5, 0.6) is 11.5 Å². The van der Waals surface area contributed by atoms with Crippen LogP contribution in [-0.2, 0) is 17.9 Å². The SMILES string of the molecule is COc1cc(CNC(CC(C)C)C(=O)O)c(Cl)cc1OCc1c(Cl)cccc1Cl. The molecular formula is C21H24Cl3NO4. The first-order valence-electron chi connectivity index (χ1n) is 9.11. The van der Waals surface area contributed by atoms with Crippen LogP contribution >= 0.6 is 34.8 Å². The average Bonchev–Trinajstić information content (AvgIpc) is 2.65. The fourth-order valence-corrected chi connectivity index (χ4v) is 3.51. The zero-order chi connectivity index (χ0) is 21.6. The Balaban J connectivity index is 2.15. The van der Waals surface area contributed by atoms with Crippen molar-refractivity contribution >= 4 is 40.8 Å². The summed E-state index contributed by atoms with van der Waals surface area (Å²) in [6, 6.07) is 7.95. The van der Waals surface area contributed by atoms with Crippen molar-refractivity contribution in [2.75, 3.05) is 7.11 Å². The monoisotopic (exact) mass is 459 g/mol. The van der Waals surface area contributed by atoms with E-state index in [1.165, 1.54) is 7.11 Å². The van der Waals surface area contributed by atoms with Gasteiger partial charge in [-0.3, -0.25) is 4.79 Å². The summed E-state index contributed by atoms with van der Waals surface area (Å²) in [5.74, 6) is 0.277. The maximum atomic E-state index is 11.4. The van der Waals surface area contributed by atoms with Gasteiger partial charge in [0.1, 0.15) is 12.6 Å². The molecule has 2 N–H and O–H groups in total. The summed E-state index contributed by atoms with van der Waals surface area (Å²) in [5, 5.41) is 13.9. The standard InChI is InChI=1S/C21H24Cl3NO4/c1-12(2)7-18(21(26)27)25-10-13-8-19(28-3)20(9-17(13)24)29-11-14-15(22)5-4-6-16(14)23/h4-6,8-9,12,18,25H,7,10-11H2,1-3H3,(H,26,27). The minimum atomic E-state index is -0.890. The Morgan fingerprint density at radius 1 is 1.10 bits per heavy atom. The summed E-state index contributed by atoms with van der Waals surface area (Å²) >= 11 is 18.8. The van der Waals surface area contributed by atoms with E-state index in [1.54, 1.807) is 30.3 Å². The normalized spacial score (nSPS) is 12.1. The van der Waals surface area contributed by atoms with Gasteiger partial charge in [-0.1, -0.05) is 54.7 Å². The number of halogens is 3. The molecule has 158 valence electrons. The lowest BCUT2D eigenvalue weighted by molar-refractivity contribution is -0.140. The molecule has 0 fully saturated rings. The summed E-state index contributed by atoms with van der Waals surface area (Å²) in [5.41, 5.74) is 1.37. The van der Waals surface area contributed by atoms with Crippen LogP contribution in [0.1, 0.15) is 31.4 Å². The molecule has 1 atom stereocenters. The molecule has 0 saturated carbocycles.